The van der Waals surface area contributed by atoms with Crippen LogP contribution in [0.4, 0.5) is 0 Å². The van der Waals surface area contributed by atoms with Crippen LogP contribution in [0.3, 0.4) is 0 Å². The third-order valence-corrected chi connectivity index (χ3v) is 16.6. The Bertz CT molecular complexity index is 1610. The van der Waals surface area contributed by atoms with Crippen molar-refractivity contribution in [2.75, 3.05) is 20.8 Å². The van der Waals surface area contributed by atoms with Crippen LogP contribution in [-0.4, -0.2) is 50.2 Å². The van der Waals surface area contributed by atoms with Crippen LogP contribution in [0, 0.1) is 93.1 Å². The van der Waals surface area contributed by atoms with Crippen LogP contribution in [0.25, 0.3) is 0 Å². The van der Waals surface area contributed by atoms with Crippen molar-refractivity contribution in [2.45, 2.75) is 356 Å². The average Bonchev–Trinajstić information content (AvgIpc) is 3.86. The summed E-state index contributed by atoms with van der Waals surface area (Å²) in [6.07, 6.45) is 6.21. The molecule has 490 valence electrons. The van der Waals surface area contributed by atoms with Gasteiger partial charge in [0, 0.05) is 31.7 Å². The van der Waals surface area contributed by atoms with Gasteiger partial charge in [-0.1, -0.05) is 323 Å². The highest BCUT2D eigenvalue weighted by atomic mass is 16.7. The minimum atomic E-state index is -0.139. The Balaban J connectivity index is -0.000000154. The molecule has 5 heteroatoms. The lowest BCUT2D eigenvalue weighted by molar-refractivity contribution is -0.161. The maximum Gasteiger partial charge on any atom is 0.161 e. The van der Waals surface area contributed by atoms with Gasteiger partial charge in [-0.25, -0.2) is 0 Å². The monoisotopic (exact) mass is 1140 g/mol. The number of allylic oxidation sites excluding steroid dienone is 2. The number of carbonyl (C=O) groups excluding carboxylic acids is 1. The van der Waals surface area contributed by atoms with E-state index in [1.807, 2.05) is 41.5 Å². The molecule has 0 amide bonds. The number of methoxy groups -OCH3 is 2. The zero-order valence-corrected chi connectivity index (χ0v) is 65.2. The van der Waals surface area contributed by atoms with E-state index in [9.17, 15) is 4.79 Å². The number of aliphatic hydroxyl groups is 1. The minimum absolute atomic E-state index is 0.0729. The molecular formula is C75H160O5. The number of rotatable bonds is 5. The van der Waals surface area contributed by atoms with Gasteiger partial charge in [-0.05, 0) is 109 Å². The maximum atomic E-state index is 9.83. The first-order valence-corrected chi connectivity index (χ1v) is 31.4. The Labute approximate surface area is 509 Å². The van der Waals surface area contributed by atoms with E-state index in [0.717, 1.165) is 18.1 Å². The lowest BCUT2D eigenvalue weighted by Crippen LogP contribution is -2.41. The van der Waals surface area contributed by atoms with Crippen molar-refractivity contribution in [1.82, 2.24) is 0 Å². The molecule has 0 aromatic rings. The maximum absolute atomic E-state index is 9.83. The van der Waals surface area contributed by atoms with Crippen molar-refractivity contribution >= 4 is 6.29 Å². The molecular weight excluding hydrogens is 981 g/mol. The molecule has 1 heterocycles. The zero-order valence-electron chi connectivity index (χ0n) is 65.2. The van der Waals surface area contributed by atoms with Crippen LogP contribution in [0.2, 0.25) is 0 Å². The lowest BCUT2D eigenvalue weighted by atomic mass is 9.56. The van der Waals surface area contributed by atoms with Gasteiger partial charge >= 0.3 is 0 Å². The summed E-state index contributed by atoms with van der Waals surface area (Å²) in [5.74, 6) is 1.53. The summed E-state index contributed by atoms with van der Waals surface area (Å²) in [5, 5.41) is 8.40. The van der Waals surface area contributed by atoms with E-state index in [4.69, 9.17) is 19.3 Å². The van der Waals surface area contributed by atoms with Gasteiger partial charge in [0.1, 0.15) is 6.29 Å². The number of aldehydes is 1. The molecule has 0 aromatic heterocycles. The van der Waals surface area contributed by atoms with Crippen molar-refractivity contribution < 1.29 is 24.1 Å². The summed E-state index contributed by atoms with van der Waals surface area (Å²) in [6, 6.07) is 0. The molecule has 0 saturated carbocycles. The summed E-state index contributed by atoms with van der Waals surface area (Å²) in [7, 11) is 3.30. The Hall–Kier alpha value is -0.750. The zero-order chi connectivity index (χ0) is 67.5. The van der Waals surface area contributed by atoms with Gasteiger partial charge in [0.05, 0.1) is 11.7 Å². The van der Waals surface area contributed by atoms with Gasteiger partial charge in [0.25, 0.3) is 0 Å². The number of hydrogen-bond donors (Lipinski definition) is 1. The van der Waals surface area contributed by atoms with E-state index in [2.05, 4.69) is 290 Å². The first kappa shape index (κ1) is 93.0. The summed E-state index contributed by atoms with van der Waals surface area (Å²) in [5.41, 5.74) is 6.14. The number of aliphatic hydroxyl groups excluding tert-OH is 1. The molecule has 0 spiro atoms. The topological polar surface area (TPSA) is 68.3 Å². The van der Waals surface area contributed by atoms with E-state index in [0.29, 0.717) is 60.3 Å². The molecule has 80 heavy (non-hydrogen) atoms. The van der Waals surface area contributed by atoms with Crippen LogP contribution in [0.15, 0.2) is 11.6 Å². The van der Waals surface area contributed by atoms with Gasteiger partial charge in [0.2, 0.25) is 0 Å². The lowest BCUT2D eigenvalue weighted by Gasteiger charge is -2.49. The van der Waals surface area contributed by atoms with Crippen LogP contribution >= 0.6 is 0 Å². The number of epoxide rings is 1. The Morgan fingerprint density at radius 1 is 0.512 bits per heavy atom. The Morgan fingerprint density at radius 2 is 0.838 bits per heavy atom. The molecule has 1 rings (SSSR count). The molecule has 1 fully saturated rings. The van der Waals surface area contributed by atoms with Crippen molar-refractivity contribution in [3.63, 3.8) is 0 Å². The summed E-state index contributed by atoms with van der Waals surface area (Å²) in [6.45, 7) is 106. The fourth-order valence-corrected chi connectivity index (χ4v) is 8.00. The largest absolute Gasteiger partial charge is 0.396 e. The molecule has 1 aliphatic rings. The highest BCUT2D eigenvalue weighted by Crippen LogP contribution is 2.56. The Morgan fingerprint density at radius 3 is 0.900 bits per heavy atom. The highest BCUT2D eigenvalue weighted by molar-refractivity contribution is 5.56. The second-order valence-electron chi connectivity index (χ2n) is 40.0. The standard InChI is InChI=1S/C13H28.C12H26.C11H22O.C11H24.C11H22.C7H16O2.C5H12O.C5H10O/c1-10(11(2,3)4)13(8,9)12(5,6)7;1-10(2,3)9-12(7,8)11(4,5)6;1-9(2,3)8-11(7,12-8)10(4,5)6;2*1-9(11(5,6)7)8-10(2,3)4;1-7(2,3)6(8-4)9-5;2*1-5(2,3)4-6/h10H,1-9H3;9H2,1-8H3;8H,1-7H3;9H,8H2,1-7H3;8H,1-7H3;6H,1-5H3;6H,4H2,1-3H3;4H,1-3H3/b;;;;9-8+;;;. The quantitative estimate of drug-likeness (QED) is 0.129. The molecule has 1 N–H and O–H groups in total. The fraction of sp³-hybridized carbons (Fsp3) is 0.960. The number of carbonyl (C=O) groups is 1. The SMILES string of the molecule is C/C(=C\C(C)(C)C)C(C)(C)C.CC(C(C)(C)C)C(C)(C)C(C)(C)C.CC(C)(C)C1OC1(C)C(C)(C)C.CC(C)(C)C=O.CC(C)(C)CC(C)(C)C(C)(C)C.CC(C)(C)CO.CC(CC(C)(C)C)C(C)(C)C.COC(OC)C(C)(C)C. The van der Waals surface area contributed by atoms with Crippen molar-refractivity contribution in [3.8, 4) is 0 Å². The molecule has 1 saturated heterocycles. The summed E-state index contributed by atoms with van der Waals surface area (Å²) >= 11 is 0. The average molecular weight is 1140 g/mol. The molecule has 4 unspecified atom stereocenters. The van der Waals surface area contributed by atoms with Crippen LogP contribution in [-0.2, 0) is 19.0 Å². The van der Waals surface area contributed by atoms with Crippen LogP contribution < -0.4 is 0 Å². The predicted octanol–water partition coefficient (Wildman–Crippen LogP) is 24.5. The molecule has 0 bridgehead atoms. The minimum Gasteiger partial charge on any atom is -0.396 e. The first-order valence-electron chi connectivity index (χ1n) is 31.4. The molecule has 5 nitrogen and oxygen atoms in total. The van der Waals surface area contributed by atoms with E-state index in [-0.39, 0.29) is 45.6 Å². The second kappa shape index (κ2) is 33.4. The van der Waals surface area contributed by atoms with Crippen LogP contribution in [0.1, 0.15) is 338 Å². The molecule has 1 aliphatic heterocycles. The number of ether oxygens (including phenoxy) is 3. The van der Waals surface area contributed by atoms with Gasteiger partial charge in [-0.15, -0.1) is 0 Å². The second-order valence-corrected chi connectivity index (χ2v) is 40.0. The summed E-state index contributed by atoms with van der Waals surface area (Å²) in [4.78, 5) is 9.83. The molecule has 0 aliphatic carbocycles. The highest BCUT2D eigenvalue weighted by Gasteiger charge is 2.63. The third kappa shape index (κ3) is 47.5. The first-order chi connectivity index (χ1) is 33.8. The van der Waals surface area contributed by atoms with Gasteiger partial charge in [-0.2, -0.15) is 0 Å². The molecule has 0 aromatic carbocycles. The van der Waals surface area contributed by atoms with E-state index >= 15 is 0 Å². The van der Waals surface area contributed by atoms with Crippen molar-refractivity contribution in [3.05, 3.63) is 11.6 Å². The third-order valence-electron chi connectivity index (χ3n) is 16.6. The predicted molar refractivity (Wildman–Crippen MR) is 366 cm³/mol. The van der Waals surface area contributed by atoms with Gasteiger partial charge < -0.3 is 24.1 Å². The summed E-state index contributed by atoms with van der Waals surface area (Å²) < 4.78 is 15.9. The number of hydrogen-bond acceptors (Lipinski definition) is 5. The molecule has 4 atom stereocenters. The smallest absolute Gasteiger partial charge is 0.161 e. The van der Waals surface area contributed by atoms with Crippen molar-refractivity contribution in [2.24, 2.45) is 93.1 Å². The normalized spacial score (nSPS) is 18.1. The van der Waals surface area contributed by atoms with Gasteiger partial charge in [0.15, 0.2) is 6.29 Å². The van der Waals surface area contributed by atoms with Gasteiger partial charge in [-0.3, -0.25) is 0 Å². The van der Waals surface area contributed by atoms with Crippen LogP contribution in [0.5, 0.6) is 0 Å². The van der Waals surface area contributed by atoms with E-state index < -0.39 is 0 Å². The van der Waals surface area contributed by atoms with E-state index in [1.54, 1.807) is 14.2 Å². The Kier molecular flexibility index (Phi) is 38.8. The fourth-order valence-electron chi connectivity index (χ4n) is 8.00. The van der Waals surface area contributed by atoms with Crippen molar-refractivity contribution in [1.29, 1.82) is 0 Å². The van der Waals surface area contributed by atoms with E-state index in [1.165, 1.54) is 18.4 Å². The molecule has 0 radical (unpaired) electrons.